The van der Waals surface area contributed by atoms with E-state index in [0.29, 0.717) is 32.7 Å². The van der Waals surface area contributed by atoms with Crippen LogP contribution in [0.2, 0.25) is 0 Å². The van der Waals surface area contributed by atoms with Gasteiger partial charge in [0, 0.05) is 45.1 Å². The van der Waals surface area contributed by atoms with E-state index in [1.807, 2.05) is 42.5 Å². The number of aromatic nitrogens is 1. The van der Waals surface area contributed by atoms with E-state index in [9.17, 15) is 13.5 Å². The Hall–Kier alpha value is -2.52. The van der Waals surface area contributed by atoms with Crippen molar-refractivity contribution in [2.75, 3.05) is 39.3 Å². The Morgan fingerprint density at radius 1 is 1.00 bits per heavy atom. The van der Waals surface area contributed by atoms with Crippen molar-refractivity contribution in [3.05, 3.63) is 67.0 Å². The van der Waals surface area contributed by atoms with Gasteiger partial charge >= 0.3 is 0 Å². The number of pyridine rings is 1. The van der Waals surface area contributed by atoms with E-state index in [4.69, 9.17) is 4.74 Å². The zero-order valence-corrected chi connectivity index (χ0v) is 17.4. The van der Waals surface area contributed by atoms with Gasteiger partial charge in [-0.2, -0.15) is 4.31 Å². The summed E-state index contributed by atoms with van der Waals surface area (Å²) >= 11 is 0. The van der Waals surface area contributed by atoms with Crippen molar-refractivity contribution in [3.8, 4) is 5.75 Å². The Kier molecular flexibility index (Phi) is 6.29. The molecule has 4 rings (SSSR count). The topological polar surface area (TPSA) is 83.0 Å². The average Bonchev–Trinajstić information content (AvgIpc) is 2.78. The van der Waals surface area contributed by atoms with Crippen molar-refractivity contribution < 1.29 is 18.3 Å². The molecule has 1 fully saturated rings. The Labute approximate surface area is 176 Å². The van der Waals surface area contributed by atoms with E-state index in [1.165, 1.54) is 10.5 Å². The maximum atomic E-state index is 12.7. The molecule has 158 valence electrons. The third-order valence-electron chi connectivity index (χ3n) is 5.24. The fraction of sp³-hybridized carbons (Fsp3) is 0.318. The van der Waals surface area contributed by atoms with Gasteiger partial charge in [-0.15, -0.1) is 0 Å². The van der Waals surface area contributed by atoms with Gasteiger partial charge in [0.05, 0.1) is 0 Å². The number of aliphatic hydroxyl groups excluding tert-OH is 1. The second kappa shape index (κ2) is 9.09. The summed E-state index contributed by atoms with van der Waals surface area (Å²) in [6, 6.07) is 17.1. The monoisotopic (exact) mass is 427 g/mol. The van der Waals surface area contributed by atoms with Crippen molar-refractivity contribution in [3.63, 3.8) is 0 Å². The molecule has 1 N–H and O–H groups in total. The number of nitrogens with zero attached hydrogens (tertiary/aromatic N) is 3. The minimum atomic E-state index is -3.52. The molecule has 1 unspecified atom stereocenters. The molecular weight excluding hydrogens is 402 g/mol. The molecule has 7 nitrogen and oxygen atoms in total. The molecule has 0 radical (unpaired) electrons. The van der Waals surface area contributed by atoms with Gasteiger partial charge in [-0.05, 0) is 35.0 Å². The number of fused-ring (bicyclic) bond motifs is 1. The molecular formula is C22H25N3O4S. The Morgan fingerprint density at radius 2 is 1.77 bits per heavy atom. The number of hydrogen-bond acceptors (Lipinski definition) is 6. The highest BCUT2D eigenvalue weighted by Crippen LogP contribution is 2.21. The highest BCUT2D eigenvalue weighted by molar-refractivity contribution is 7.89. The number of ether oxygens (including phenoxy) is 1. The second-order valence-corrected chi connectivity index (χ2v) is 9.31. The minimum absolute atomic E-state index is 0.187. The van der Waals surface area contributed by atoms with Crippen LogP contribution in [0.1, 0.15) is 0 Å². The Morgan fingerprint density at radius 3 is 2.50 bits per heavy atom. The summed E-state index contributed by atoms with van der Waals surface area (Å²) in [5.41, 5.74) is 0. The van der Waals surface area contributed by atoms with Crippen molar-refractivity contribution in [1.29, 1.82) is 0 Å². The molecule has 30 heavy (non-hydrogen) atoms. The molecule has 1 saturated heterocycles. The second-order valence-electron chi connectivity index (χ2n) is 7.37. The molecule has 3 aromatic rings. The molecule has 0 aliphatic carbocycles. The lowest BCUT2D eigenvalue weighted by Gasteiger charge is -2.34. The summed E-state index contributed by atoms with van der Waals surface area (Å²) in [4.78, 5) is 6.17. The van der Waals surface area contributed by atoms with Crippen LogP contribution in [-0.2, 0) is 10.0 Å². The quantitative estimate of drug-likeness (QED) is 0.621. The van der Waals surface area contributed by atoms with E-state index in [1.54, 1.807) is 18.3 Å². The van der Waals surface area contributed by atoms with Gasteiger partial charge in [-0.25, -0.2) is 8.42 Å². The zero-order valence-electron chi connectivity index (χ0n) is 16.6. The third-order valence-corrected chi connectivity index (χ3v) is 7.12. The van der Waals surface area contributed by atoms with Crippen LogP contribution in [0.4, 0.5) is 0 Å². The van der Waals surface area contributed by atoms with Crippen molar-refractivity contribution in [2.24, 2.45) is 0 Å². The molecule has 2 heterocycles. The first-order chi connectivity index (χ1) is 14.5. The number of aliphatic hydroxyl groups is 1. The summed E-state index contributed by atoms with van der Waals surface area (Å²) in [5.74, 6) is 0.722. The van der Waals surface area contributed by atoms with E-state index >= 15 is 0 Å². The summed E-state index contributed by atoms with van der Waals surface area (Å²) in [6.07, 6.45) is 2.27. The van der Waals surface area contributed by atoms with Crippen LogP contribution in [0.25, 0.3) is 10.8 Å². The normalized spacial score (nSPS) is 17.1. The maximum Gasteiger partial charge on any atom is 0.244 e. The molecule has 0 spiro atoms. The molecule has 0 amide bonds. The number of benzene rings is 2. The predicted molar refractivity (Wildman–Crippen MR) is 115 cm³/mol. The highest BCUT2D eigenvalue weighted by Gasteiger charge is 2.29. The maximum absolute atomic E-state index is 12.7. The summed E-state index contributed by atoms with van der Waals surface area (Å²) < 4.78 is 32.6. The largest absolute Gasteiger partial charge is 0.491 e. The van der Waals surface area contributed by atoms with Gasteiger partial charge in [-0.1, -0.05) is 30.3 Å². The lowest BCUT2D eigenvalue weighted by Crippen LogP contribution is -2.50. The summed E-state index contributed by atoms with van der Waals surface area (Å²) in [5, 5.41) is 12.6. The van der Waals surface area contributed by atoms with Crippen LogP contribution >= 0.6 is 0 Å². The zero-order chi connectivity index (χ0) is 21.0. The average molecular weight is 428 g/mol. The predicted octanol–water partition coefficient (Wildman–Crippen LogP) is 1.98. The van der Waals surface area contributed by atoms with Crippen LogP contribution in [-0.4, -0.2) is 73.1 Å². The van der Waals surface area contributed by atoms with Gasteiger partial charge in [-0.3, -0.25) is 9.88 Å². The van der Waals surface area contributed by atoms with Crippen LogP contribution in [0.15, 0.2) is 71.9 Å². The van der Waals surface area contributed by atoms with Crippen molar-refractivity contribution >= 4 is 20.8 Å². The number of hydrogen-bond donors (Lipinski definition) is 1. The van der Waals surface area contributed by atoms with Crippen molar-refractivity contribution in [1.82, 2.24) is 14.2 Å². The van der Waals surface area contributed by atoms with Crippen LogP contribution in [0, 0.1) is 0 Å². The fourth-order valence-corrected chi connectivity index (χ4v) is 4.99. The number of piperazine rings is 1. The summed E-state index contributed by atoms with van der Waals surface area (Å²) in [7, 11) is -3.52. The van der Waals surface area contributed by atoms with Gasteiger partial charge in [0.2, 0.25) is 10.0 Å². The molecule has 0 saturated carbocycles. The lowest BCUT2D eigenvalue weighted by atomic mass is 10.1. The van der Waals surface area contributed by atoms with Gasteiger partial charge in [0.25, 0.3) is 0 Å². The van der Waals surface area contributed by atoms with E-state index in [-0.39, 0.29) is 11.5 Å². The van der Waals surface area contributed by atoms with E-state index in [2.05, 4.69) is 9.88 Å². The first kappa shape index (κ1) is 20.7. The first-order valence-corrected chi connectivity index (χ1v) is 11.4. The molecule has 0 bridgehead atoms. The van der Waals surface area contributed by atoms with Crippen LogP contribution < -0.4 is 4.74 Å². The SMILES string of the molecule is O=S(=O)(c1cccnc1)N1CCN(CC(O)COc2ccc3ccccc3c2)CC1. The standard InChI is InChI=1S/C22H25N3O4S/c26-20(17-29-21-8-7-18-4-1-2-5-19(18)14-21)16-24-10-12-25(13-11-24)30(27,28)22-6-3-9-23-15-22/h1-9,14-15,20,26H,10-13,16-17H2. The van der Waals surface area contributed by atoms with Crippen LogP contribution in [0.5, 0.6) is 5.75 Å². The molecule has 1 atom stereocenters. The fourth-order valence-electron chi connectivity index (χ4n) is 3.60. The summed E-state index contributed by atoms with van der Waals surface area (Å²) in [6.45, 7) is 2.52. The number of sulfonamides is 1. The van der Waals surface area contributed by atoms with E-state index < -0.39 is 16.1 Å². The lowest BCUT2D eigenvalue weighted by molar-refractivity contribution is 0.0569. The Balaban J connectivity index is 1.26. The Bertz CT molecular complexity index is 1080. The van der Waals surface area contributed by atoms with Gasteiger partial charge in [0.15, 0.2) is 0 Å². The smallest absolute Gasteiger partial charge is 0.244 e. The molecule has 1 aliphatic rings. The minimum Gasteiger partial charge on any atom is -0.491 e. The van der Waals surface area contributed by atoms with Crippen LogP contribution in [0.3, 0.4) is 0 Å². The number of β-amino-alcohol motifs (C(OH)–C–C–N with tert-alkyl or cyclic N) is 1. The van der Waals surface area contributed by atoms with Gasteiger partial charge in [0.1, 0.15) is 23.4 Å². The molecule has 1 aromatic heterocycles. The first-order valence-electron chi connectivity index (χ1n) is 9.94. The molecule has 8 heteroatoms. The molecule has 2 aromatic carbocycles. The highest BCUT2D eigenvalue weighted by atomic mass is 32.2. The number of rotatable bonds is 7. The van der Waals surface area contributed by atoms with Gasteiger partial charge < -0.3 is 9.84 Å². The van der Waals surface area contributed by atoms with Crippen molar-refractivity contribution in [2.45, 2.75) is 11.0 Å². The third kappa shape index (κ3) is 4.79. The molecule has 1 aliphatic heterocycles. The van der Waals surface area contributed by atoms with E-state index in [0.717, 1.165) is 16.5 Å².